The van der Waals surface area contributed by atoms with E-state index in [0.717, 1.165) is 5.56 Å². The highest BCUT2D eigenvalue weighted by atomic mass is 35.5. The number of sulfone groups is 1. The first-order valence-electron chi connectivity index (χ1n) is 5.10. The van der Waals surface area contributed by atoms with Crippen LogP contribution < -0.4 is 4.90 Å². The highest BCUT2D eigenvalue weighted by Crippen LogP contribution is 2.22. The van der Waals surface area contributed by atoms with Crippen molar-refractivity contribution in [1.82, 2.24) is 9.97 Å². The first kappa shape index (κ1) is 14.2. The molecule has 0 aliphatic heterocycles. The highest BCUT2D eigenvalue weighted by molar-refractivity contribution is 7.90. The van der Waals surface area contributed by atoms with E-state index in [9.17, 15) is 8.42 Å². The lowest BCUT2D eigenvalue weighted by molar-refractivity contribution is 0.601. The van der Waals surface area contributed by atoms with Gasteiger partial charge in [-0.05, 0) is 13.8 Å². The molecule has 5 nitrogen and oxygen atoms in total. The zero-order valence-corrected chi connectivity index (χ0v) is 11.9. The Morgan fingerprint density at radius 3 is 2.41 bits per heavy atom. The van der Waals surface area contributed by atoms with Crippen LogP contribution in [0, 0.1) is 13.8 Å². The maximum absolute atomic E-state index is 11.1. The van der Waals surface area contributed by atoms with Crippen LogP contribution in [0.2, 0.25) is 5.15 Å². The van der Waals surface area contributed by atoms with E-state index in [1.807, 2.05) is 6.92 Å². The fraction of sp³-hybridized carbons (Fsp3) is 0.600. The van der Waals surface area contributed by atoms with Crippen molar-refractivity contribution >= 4 is 27.3 Å². The van der Waals surface area contributed by atoms with Gasteiger partial charge in [-0.1, -0.05) is 11.6 Å². The maximum atomic E-state index is 11.1. The Balaban J connectivity index is 2.93. The Morgan fingerprint density at radius 1 is 1.29 bits per heavy atom. The molecule has 1 aromatic heterocycles. The van der Waals surface area contributed by atoms with Gasteiger partial charge in [-0.25, -0.2) is 18.4 Å². The van der Waals surface area contributed by atoms with Crippen LogP contribution in [-0.4, -0.2) is 44.0 Å². The van der Waals surface area contributed by atoms with Crippen LogP contribution >= 0.6 is 11.6 Å². The molecule has 17 heavy (non-hydrogen) atoms. The second kappa shape index (κ2) is 5.18. The Morgan fingerprint density at radius 2 is 1.88 bits per heavy atom. The molecule has 0 radical (unpaired) electrons. The molecule has 1 rings (SSSR count). The van der Waals surface area contributed by atoms with Crippen LogP contribution in [-0.2, 0) is 9.84 Å². The summed E-state index contributed by atoms with van der Waals surface area (Å²) in [4.78, 5) is 10.1. The predicted octanol–water partition coefficient (Wildman–Crippen LogP) is 1.23. The molecule has 0 bridgehead atoms. The highest BCUT2D eigenvalue weighted by Gasteiger charge is 2.13. The van der Waals surface area contributed by atoms with E-state index in [4.69, 9.17) is 11.6 Å². The number of aromatic nitrogens is 2. The van der Waals surface area contributed by atoms with Gasteiger partial charge in [0.15, 0.2) is 0 Å². The van der Waals surface area contributed by atoms with Gasteiger partial charge in [0.25, 0.3) is 0 Å². The molecule has 0 amide bonds. The van der Waals surface area contributed by atoms with E-state index in [1.165, 1.54) is 6.26 Å². The van der Waals surface area contributed by atoms with Gasteiger partial charge in [-0.15, -0.1) is 0 Å². The summed E-state index contributed by atoms with van der Waals surface area (Å²) in [6, 6.07) is 0. The van der Waals surface area contributed by atoms with Crippen LogP contribution in [0.5, 0.6) is 0 Å². The van der Waals surface area contributed by atoms with E-state index in [1.54, 1.807) is 18.9 Å². The van der Waals surface area contributed by atoms with E-state index >= 15 is 0 Å². The molecular formula is C10H16ClN3O2S. The molecule has 0 saturated heterocycles. The van der Waals surface area contributed by atoms with Gasteiger partial charge in [-0.2, -0.15) is 0 Å². The molecule has 7 heteroatoms. The number of halogens is 1. The third-order valence-corrected chi connectivity index (χ3v) is 3.62. The number of hydrogen-bond acceptors (Lipinski definition) is 5. The molecule has 96 valence electrons. The minimum Gasteiger partial charge on any atom is -0.358 e. The number of anilines is 1. The molecule has 0 fully saturated rings. The predicted molar refractivity (Wildman–Crippen MR) is 69.5 cm³/mol. The summed E-state index contributed by atoms with van der Waals surface area (Å²) in [5.74, 6) is 1.33. The second-order valence-corrected chi connectivity index (χ2v) is 6.68. The van der Waals surface area contributed by atoms with Crippen molar-refractivity contribution in [2.24, 2.45) is 0 Å². The fourth-order valence-corrected chi connectivity index (χ4v) is 2.17. The number of nitrogens with zero attached hydrogens (tertiary/aromatic N) is 3. The standard InChI is InChI=1S/C10H16ClN3O2S/c1-7-9(11)12-8(2)13-10(7)14(3)5-6-17(4,15)16/h5-6H2,1-4H3. The monoisotopic (exact) mass is 277 g/mol. The third kappa shape index (κ3) is 4.12. The summed E-state index contributed by atoms with van der Waals surface area (Å²) >= 11 is 5.96. The smallest absolute Gasteiger partial charge is 0.149 e. The topological polar surface area (TPSA) is 63.2 Å². The Labute approximate surface area is 107 Å². The van der Waals surface area contributed by atoms with Gasteiger partial charge in [0.2, 0.25) is 0 Å². The summed E-state index contributed by atoms with van der Waals surface area (Å²) in [6.45, 7) is 3.94. The third-order valence-electron chi connectivity index (χ3n) is 2.33. The van der Waals surface area contributed by atoms with E-state index in [2.05, 4.69) is 9.97 Å². The first-order valence-corrected chi connectivity index (χ1v) is 7.54. The zero-order valence-electron chi connectivity index (χ0n) is 10.4. The summed E-state index contributed by atoms with van der Waals surface area (Å²) in [5.41, 5.74) is 0.758. The van der Waals surface area contributed by atoms with Crippen molar-refractivity contribution in [1.29, 1.82) is 0 Å². The molecule has 1 heterocycles. The minimum absolute atomic E-state index is 0.0869. The lowest BCUT2D eigenvalue weighted by Crippen LogP contribution is -2.26. The van der Waals surface area contributed by atoms with Crippen molar-refractivity contribution in [2.75, 3.05) is 30.5 Å². The largest absolute Gasteiger partial charge is 0.358 e. The lowest BCUT2D eigenvalue weighted by Gasteiger charge is -2.20. The molecule has 0 unspecified atom stereocenters. The normalized spacial score (nSPS) is 11.6. The summed E-state index contributed by atoms with van der Waals surface area (Å²) in [5, 5.41) is 0.402. The van der Waals surface area contributed by atoms with Crippen LogP contribution in [0.15, 0.2) is 0 Å². The van der Waals surface area contributed by atoms with Gasteiger partial charge < -0.3 is 4.90 Å². The lowest BCUT2D eigenvalue weighted by atomic mass is 10.3. The Bertz CT molecular complexity index is 517. The van der Waals surface area contributed by atoms with Crippen molar-refractivity contribution in [3.8, 4) is 0 Å². The summed E-state index contributed by atoms with van der Waals surface area (Å²) in [6.07, 6.45) is 1.21. The maximum Gasteiger partial charge on any atom is 0.149 e. The van der Waals surface area contributed by atoms with Gasteiger partial charge in [0.05, 0.1) is 5.75 Å². The van der Waals surface area contributed by atoms with Crippen molar-refractivity contribution < 1.29 is 8.42 Å². The number of aryl methyl sites for hydroxylation is 1. The van der Waals surface area contributed by atoms with Gasteiger partial charge in [0, 0.05) is 25.4 Å². The van der Waals surface area contributed by atoms with E-state index < -0.39 is 9.84 Å². The average Bonchev–Trinajstić information content (AvgIpc) is 2.19. The van der Waals surface area contributed by atoms with Crippen LogP contribution in [0.3, 0.4) is 0 Å². The molecule has 0 spiro atoms. The Kier molecular flexibility index (Phi) is 4.32. The van der Waals surface area contributed by atoms with Crippen molar-refractivity contribution in [3.05, 3.63) is 16.5 Å². The van der Waals surface area contributed by atoms with Crippen LogP contribution in [0.4, 0.5) is 5.82 Å². The Hall–Kier alpha value is -0.880. The minimum atomic E-state index is -2.98. The molecule has 0 aromatic carbocycles. The number of rotatable bonds is 4. The van der Waals surface area contributed by atoms with E-state index in [-0.39, 0.29) is 5.75 Å². The zero-order chi connectivity index (χ0) is 13.2. The van der Waals surface area contributed by atoms with Gasteiger partial charge in [-0.3, -0.25) is 0 Å². The van der Waals surface area contributed by atoms with Crippen molar-refractivity contribution in [2.45, 2.75) is 13.8 Å². The second-order valence-electron chi connectivity index (χ2n) is 4.06. The molecule has 0 saturated carbocycles. The van der Waals surface area contributed by atoms with Crippen LogP contribution in [0.1, 0.15) is 11.4 Å². The SMILES string of the molecule is Cc1nc(Cl)c(C)c(N(C)CCS(C)(=O)=O)n1. The molecule has 0 atom stereocenters. The molecule has 1 aromatic rings. The molecular weight excluding hydrogens is 262 g/mol. The van der Waals surface area contributed by atoms with Gasteiger partial charge >= 0.3 is 0 Å². The first-order chi connectivity index (χ1) is 7.70. The number of hydrogen-bond donors (Lipinski definition) is 0. The molecule has 0 aliphatic carbocycles. The van der Waals surface area contributed by atoms with Crippen molar-refractivity contribution in [3.63, 3.8) is 0 Å². The van der Waals surface area contributed by atoms with E-state index in [0.29, 0.717) is 23.3 Å². The summed E-state index contributed by atoms with van der Waals surface area (Å²) in [7, 11) is -1.19. The van der Waals surface area contributed by atoms with Gasteiger partial charge in [0.1, 0.15) is 26.6 Å². The quantitative estimate of drug-likeness (QED) is 0.775. The summed E-state index contributed by atoms with van der Waals surface area (Å²) < 4.78 is 22.2. The molecule has 0 N–H and O–H groups in total. The van der Waals surface area contributed by atoms with Crippen LogP contribution in [0.25, 0.3) is 0 Å². The average molecular weight is 278 g/mol. The molecule has 0 aliphatic rings. The fourth-order valence-electron chi connectivity index (χ4n) is 1.36.